The van der Waals surface area contributed by atoms with E-state index < -0.39 is 11.6 Å². The summed E-state index contributed by atoms with van der Waals surface area (Å²) in [5.74, 6) is -1.45. The Balaban J connectivity index is 1.40. The van der Waals surface area contributed by atoms with E-state index in [1.807, 2.05) is 9.80 Å². The van der Waals surface area contributed by atoms with Crippen molar-refractivity contribution in [2.45, 2.75) is 31.2 Å². The molecule has 1 aromatic carbocycles. The van der Waals surface area contributed by atoms with Crippen LogP contribution in [-0.2, 0) is 9.59 Å². The van der Waals surface area contributed by atoms with Gasteiger partial charge < -0.3 is 15.1 Å². The molecule has 0 aromatic heterocycles. The Morgan fingerprint density at radius 1 is 1.23 bits per heavy atom. The van der Waals surface area contributed by atoms with Crippen LogP contribution in [0.2, 0.25) is 0 Å². The quantitative estimate of drug-likeness (QED) is 0.885. The molecular formula is C19H23F2N3O2. The van der Waals surface area contributed by atoms with Crippen molar-refractivity contribution in [1.82, 2.24) is 15.1 Å². The third-order valence-electron chi connectivity index (χ3n) is 5.74. The lowest BCUT2D eigenvalue weighted by atomic mass is 10.0. The van der Waals surface area contributed by atoms with Crippen LogP contribution in [0.4, 0.5) is 8.78 Å². The lowest BCUT2D eigenvalue weighted by Crippen LogP contribution is -2.57. The van der Waals surface area contributed by atoms with E-state index >= 15 is 0 Å². The highest BCUT2D eigenvalue weighted by molar-refractivity contribution is 5.83. The molecule has 140 valence electrons. The number of likely N-dealkylation sites (tertiary alicyclic amines) is 1. The third-order valence-corrected chi connectivity index (χ3v) is 5.74. The molecule has 1 N–H and O–H groups in total. The lowest BCUT2D eigenvalue weighted by Gasteiger charge is -2.41. The van der Waals surface area contributed by atoms with Crippen LogP contribution in [0.15, 0.2) is 18.2 Å². The minimum Gasteiger partial charge on any atom is -0.340 e. The smallest absolute Gasteiger partial charge is 0.236 e. The first kappa shape index (κ1) is 17.4. The Labute approximate surface area is 151 Å². The van der Waals surface area contributed by atoms with Gasteiger partial charge in [-0.25, -0.2) is 8.78 Å². The van der Waals surface area contributed by atoms with E-state index in [0.29, 0.717) is 38.2 Å². The molecular weight excluding hydrogens is 340 g/mol. The normalized spacial score (nSPS) is 29.0. The van der Waals surface area contributed by atoms with Crippen molar-refractivity contribution in [3.63, 3.8) is 0 Å². The Kier molecular flexibility index (Phi) is 4.65. The summed E-state index contributed by atoms with van der Waals surface area (Å²) in [4.78, 5) is 28.7. The van der Waals surface area contributed by atoms with Gasteiger partial charge in [0.25, 0.3) is 0 Å². The van der Waals surface area contributed by atoms with Crippen molar-refractivity contribution < 1.29 is 18.4 Å². The summed E-state index contributed by atoms with van der Waals surface area (Å²) in [6.45, 7) is 3.06. The maximum Gasteiger partial charge on any atom is 0.236 e. The first-order valence-electron chi connectivity index (χ1n) is 9.28. The molecule has 7 heteroatoms. The Hall–Kier alpha value is -2.02. The second-order valence-electron chi connectivity index (χ2n) is 7.46. The Bertz CT molecular complexity index is 727. The van der Waals surface area contributed by atoms with Gasteiger partial charge in [0.2, 0.25) is 11.8 Å². The van der Waals surface area contributed by atoms with Crippen molar-refractivity contribution >= 4 is 11.8 Å². The van der Waals surface area contributed by atoms with Gasteiger partial charge in [-0.15, -0.1) is 0 Å². The topological polar surface area (TPSA) is 52.7 Å². The van der Waals surface area contributed by atoms with Gasteiger partial charge in [-0.2, -0.15) is 0 Å². The fourth-order valence-electron chi connectivity index (χ4n) is 4.26. The summed E-state index contributed by atoms with van der Waals surface area (Å²) in [7, 11) is 0. The van der Waals surface area contributed by atoms with Crippen LogP contribution in [-0.4, -0.2) is 60.4 Å². The van der Waals surface area contributed by atoms with Gasteiger partial charge >= 0.3 is 0 Å². The van der Waals surface area contributed by atoms with Crippen molar-refractivity contribution in [2.75, 3.05) is 32.7 Å². The fourth-order valence-corrected chi connectivity index (χ4v) is 4.26. The number of piperidine rings is 1. The number of nitrogens with one attached hydrogen (secondary N) is 1. The minimum absolute atomic E-state index is 0.0333. The zero-order valence-electron chi connectivity index (χ0n) is 14.6. The number of piperazine rings is 1. The van der Waals surface area contributed by atoms with E-state index in [9.17, 15) is 18.4 Å². The SMILES string of the molecule is O=C(C1CC1c1ccc(F)cc1F)N1CCCC(N2CCNCC2=O)C1. The number of carbonyl (C=O) groups excluding carboxylic acids is 2. The molecule has 1 aliphatic carbocycles. The Morgan fingerprint density at radius 2 is 2.08 bits per heavy atom. The highest BCUT2D eigenvalue weighted by atomic mass is 19.1. The van der Waals surface area contributed by atoms with Crippen molar-refractivity contribution in [2.24, 2.45) is 5.92 Å². The van der Waals surface area contributed by atoms with E-state index in [1.165, 1.54) is 12.1 Å². The monoisotopic (exact) mass is 363 g/mol. The zero-order valence-corrected chi connectivity index (χ0v) is 14.6. The molecule has 3 fully saturated rings. The number of nitrogens with zero attached hydrogens (tertiary/aromatic N) is 2. The highest BCUT2D eigenvalue weighted by Crippen LogP contribution is 2.49. The molecule has 1 saturated carbocycles. The molecule has 3 unspecified atom stereocenters. The van der Waals surface area contributed by atoms with Crippen LogP contribution in [0.1, 0.15) is 30.7 Å². The summed E-state index contributed by atoms with van der Waals surface area (Å²) >= 11 is 0. The van der Waals surface area contributed by atoms with Gasteiger partial charge in [0.05, 0.1) is 6.54 Å². The van der Waals surface area contributed by atoms with Crippen LogP contribution in [0, 0.1) is 17.6 Å². The number of benzene rings is 1. The standard InChI is InChI=1S/C19H23F2N3O2/c20-12-3-4-14(17(21)8-12)15-9-16(15)19(26)23-6-1-2-13(11-23)24-7-5-22-10-18(24)25/h3-4,8,13,15-16,22H,1-2,5-7,9-11H2. The summed E-state index contributed by atoms with van der Waals surface area (Å²) in [6.07, 6.45) is 2.39. The average molecular weight is 363 g/mol. The number of hydrogen-bond acceptors (Lipinski definition) is 3. The van der Waals surface area contributed by atoms with E-state index in [4.69, 9.17) is 0 Å². The fraction of sp³-hybridized carbons (Fsp3) is 0.579. The predicted molar refractivity (Wildman–Crippen MR) is 91.4 cm³/mol. The van der Waals surface area contributed by atoms with E-state index in [0.717, 1.165) is 25.5 Å². The second kappa shape index (κ2) is 6.95. The molecule has 3 aliphatic rings. The summed E-state index contributed by atoms with van der Waals surface area (Å²) in [5, 5.41) is 3.07. The van der Waals surface area contributed by atoms with Crippen LogP contribution >= 0.6 is 0 Å². The van der Waals surface area contributed by atoms with Gasteiger partial charge in [-0.3, -0.25) is 9.59 Å². The van der Waals surface area contributed by atoms with Crippen LogP contribution < -0.4 is 5.32 Å². The van der Waals surface area contributed by atoms with Crippen molar-refractivity contribution in [3.05, 3.63) is 35.4 Å². The second-order valence-corrected chi connectivity index (χ2v) is 7.46. The zero-order chi connectivity index (χ0) is 18.3. The maximum absolute atomic E-state index is 14.0. The Morgan fingerprint density at radius 3 is 2.85 bits per heavy atom. The molecule has 0 radical (unpaired) electrons. The molecule has 3 atom stereocenters. The van der Waals surface area contributed by atoms with Crippen LogP contribution in [0.25, 0.3) is 0 Å². The van der Waals surface area contributed by atoms with Crippen molar-refractivity contribution in [3.8, 4) is 0 Å². The molecule has 2 amide bonds. The molecule has 0 bridgehead atoms. The first-order chi connectivity index (χ1) is 12.5. The molecule has 0 spiro atoms. The molecule has 5 nitrogen and oxygen atoms in total. The summed E-state index contributed by atoms with van der Waals surface area (Å²) in [6, 6.07) is 3.64. The molecule has 2 aliphatic heterocycles. The minimum atomic E-state index is -0.602. The lowest BCUT2D eigenvalue weighted by molar-refractivity contribution is -0.141. The van der Waals surface area contributed by atoms with Crippen LogP contribution in [0.3, 0.4) is 0 Å². The third kappa shape index (κ3) is 3.32. The van der Waals surface area contributed by atoms with Gasteiger partial charge in [0, 0.05) is 44.2 Å². The molecule has 2 heterocycles. The predicted octanol–water partition coefficient (Wildman–Crippen LogP) is 1.49. The molecule has 4 rings (SSSR count). The largest absolute Gasteiger partial charge is 0.340 e. The van der Waals surface area contributed by atoms with E-state index in [-0.39, 0.29) is 29.7 Å². The van der Waals surface area contributed by atoms with Gasteiger partial charge in [-0.05, 0) is 36.8 Å². The number of hydrogen-bond donors (Lipinski definition) is 1. The number of rotatable bonds is 3. The summed E-state index contributed by atoms with van der Waals surface area (Å²) < 4.78 is 27.0. The molecule has 26 heavy (non-hydrogen) atoms. The maximum atomic E-state index is 14.0. The molecule has 2 saturated heterocycles. The highest BCUT2D eigenvalue weighted by Gasteiger charge is 2.47. The van der Waals surface area contributed by atoms with Crippen molar-refractivity contribution in [1.29, 1.82) is 0 Å². The van der Waals surface area contributed by atoms with E-state index in [2.05, 4.69) is 5.32 Å². The molecule has 1 aromatic rings. The number of carbonyl (C=O) groups is 2. The number of halogens is 2. The van der Waals surface area contributed by atoms with Gasteiger partial charge in [0.15, 0.2) is 0 Å². The number of amides is 2. The van der Waals surface area contributed by atoms with E-state index in [1.54, 1.807) is 0 Å². The van der Waals surface area contributed by atoms with Gasteiger partial charge in [-0.1, -0.05) is 6.07 Å². The van der Waals surface area contributed by atoms with Gasteiger partial charge in [0.1, 0.15) is 11.6 Å². The first-order valence-corrected chi connectivity index (χ1v) is 9.28. The van der Waals surface area contributed by atoms with Crippen LogP contribution in [0.5, 0.6) is 0 Å². The average Bonchev–Trinajstić information content (AvgIpc) is 3.42. The summed E-state index contributed by atoms with van der Waals surface area (Å²) in [5.41, 5.74) is 0.426.